The van der Waals surface area contributed by atoms with Crippen LogP contribution in [0.25, 0.3) is 0 Å². The molecule has 0 radical (unpaired) electrons. The molecule has 1 heterocycles. The fraction of sp³-hybridized carbons (Fsp3) is 0.0833. The predicted octanol–water partition coefficient (Wildman–Crippen LogP) is 3.04. The molecule has 0 unspecified atom stereocenters. The summed E-state index contributed by atoms with van der Waals surface area (Å²) in [4.78, 5) is 18.5. The van der Waals surface area contributed by atoms with Crippen LogP contribution >= 0.6 is 15.9 Å². The molecule has 0 saturated heterocycles. The number of carboxylic acid groups (broad SMARTS) is 1. The molecule has 2 rings (SSSR count). The number of halogens is 1. The largest absolute Gasteiger partial charge is 0.476 e. The maximum atomic E-state index is 10.9. The van der Waals surface area contributed by atoms with Crippen LogP contribution in [0.2, 0.25) is 0 Å². The first-order valence-corrected chi connectivity index (χ1v) is 5.85. The van der Waals surface area contributed by atoms with Crippen molar-refractivity contribution in [2.24, 2.45) is 0 Å². The number of hydrogen-bond acceptors (Lipinski definition) is 4. The molecule has 2 aromatic rings. The number of carboxylic acids is 1. The van der Waals surface area contributed by atoms with E-state index in [1.165, 1.54) is 12.4 Å². The molecule has 1 aromatic carbocycles. The summed E-state index contributed by atoms with van der Waals surface area (Å²) in [7, 11) is 0. The Morgan fingerprint density at radius 3 is 2.72 bits per heavy atom. The minimum atomic E-state index is -1.17. The van der Waals surface area contributed by atoms with E-state index in [-0.39, 0.29) is 11.6 Å². The van der Waals surface area contributed by atoms with E-state index in [1.807, 2.05) is 13.0 Å². The van der Waals surface area contributed by atoms with Crippen LogP contribution in [0.5, 0.6) is 11.6 Å². The van der Waals surface area contributed by atoms with Crippen LogP contribution in [0.3, 0.4) is 0 Å². The lowest BCUT2D eigenvalue weighted by Gasteiger charge is -2.07. The van der Waals surface area contributed by atoms with Crippen molar-refractivity contribution in [3.8, 4) is 11.6 Å². The van der Waals surface area contributed by atoms with E-state index in [0.29, 0.717) is 5.75 Å². The summed E-state index contributed by atoms with van der Waals surface area (Å²) in [5.41, 5.74) is 0.770. The Balaban J connectivity index is 2.34. The SMILES string of the molecule is Cc1cc(Oc2nccnc2C(=O)O)ccc1Br. The molecule has 0 fully saturated rings. The Morgan fingerprint density at radius 2 is 2.06 bits per heavy atom. The number of aromatic nitrogens is 2. The van der Waals surface area contributed by atoms with Crippen molar-refractivity contribution in [1.29, 1.82) is 0 Å². The van der Waals surface area contributed by atoms with Gasteiger partial charge in [-0.1, -0.05) is 15.9 Å². The number of nitrogens with zero attached hydrogens (tertiary/aromatic N) is 2. The molecule has 0 aliphatic carbocycles. The summed E-state index contributed by atoms with van der Waals surface area (Å²) >= 11 is 3.37. The van der Waals surface area contributed by atoms with Crippen LogP contribution in [0.1, 0.15) is 16.1 Å². The van der Waals surface area contributed by atoms with Gasteiger partial charge in [0.15, 0.2) is 0 Å². The van der Waals surface area contributed by atoms with Crippen LogP contribution in [0, 0.1) is 6.92 Å². The van der Waals surface area contributed by atoms with Crippen molar-refractivity contribution >= 4 is 21.9 Å². The number of ether oxygens (including phenoxy) is 1. The van der Waals surface area contributed by atoms with Crippen molar-refractivity contribution in [2.45, 2.75) is 6.92 Å². The van der Waals surface area contributed by atoms with Crippen molar-refractivity contribution in [3.63, 3.8) is 0 Å². The summed E-state index contributed by atoms with van der Waals surface area (Å²) in [5.74, 6) is -0.683. The first kappa shape index (κ1) is 12.5. The second-order valence-corrected chi connectivity index (χ2v) is 4.38. The van der Waals surface area contributed by atoms with Crippen molar-refractivity contribution in [2.75, 3.05) is 0 Å². The van der Waals surface area contributed by atoms with Crippen molar-refractivity contribution in [1.82, 2.24) is 9.97 Å². The van der Waals surface area contributed by atoms with Crippen LogP contribution in [-0.4, -0.2) is 21.0 Å². The average molecular weight is 309 g/mol. The van der Waals surface area contributed by atoms with Gasteiger partial charge in [0, 0.05) is 16.9 Å². The van der Waals surface area contributed by atoms with E-state index in [0.717, 1.165) is 10.0 Å². The summed E-state index contributed by atoms with van der Waals surface area (Å²) in [6.45, 7) is 1.91. The first-order chi connectivity index (χ1) is 8.58. The molecular weight excluding hydrogens is 300 g/mol. The monoisotopic (exact) mass is 308 g/mol. The van der Waals surface area contributed by atoms with Gasteiger partial charge in [-0.05, 0) is 30.7 Å². The molecule has 0 bridgehead atoms. The number of aryl methyl sites for hydroxylation is 1. The molecular formula is C12H9BrN2O3. The molecule has 18 heavy (non-hydrogen) atoms. The Morgan fingerprint density at radius 1 is 1.33 bits per heavy atom. The molecule has 1 aromatic heterocycles. The Kier molecular flexibility index (Phi) is 3.57. The standard InChI is InChI=1S/C12H9BrN2O3/c1-7-6-8(2-3-9(7)13)18-11-10(12(16)17)14-4-5-15-11/h2-6H,1H3,(H,16,17). The highest BCUT2D eigenvalue weighted by Crippen LogP contribution is 2.26. The van der Waals surface area contributed by atoms with Gasteiger partial charge in [-0.15, -0.1) is 0 Å². The van der Waals surface area contributed by atoms with Crippen LogP contribution < -0.4 is 4.74 Å². The van der Waals surface area contributed by atoms with Crippen molar-refractivity contribution < 1.29 is 14.6 Å². The lowest BCUT2D eigenvalue weighted by atomic mass is 10.2. The molecule has 0 aliphatic rings. The maximum Gasteiger partial charge on any atom is 0.360 e. The highest BCUT2D eigenvalue weighted by atomic mass is 79.9. The maximum absolute atomic E-state index is 10.9. The fourth-order valence-electron chi connectivity index (χ4n) is 1.34. The molecule has 0 spiro atoms. The summed E-state index contributed by atoms with van der Waals surface area (Å²) < 4.78 is 6.38. The number of rotatable bonds is 3. The van der Waals surface area contributed by atoms with Gasteiger partial charge in [0.25, 0.3) is 5.88 Å². The second-order valence-electron chi connectivity index (χ2n) is 3.53. The van der Waals surface area contributed by atoms with Gasteiger partial charge in [-0.2, -0.15) is 0 Å². The quantitative estimate of drug-likeness (QED) is 0.943. The number of benzene rings is 1. The van der Waals surface area contributed by atoms with Gasteiger partial charge in [0.05, 0.1) is 0 Å². The molecule has 92 valence electrons. The fourth-order valence-corrected chi connectivity index (χ4v) is 1.59. The van der Waals surface area contributed by atoms with Crippen LogP contribution in [-0.2, 0) is 0 Å². The third kappa shape index (κ3) is 2.65. The van der Waals surface area contributed by atoms with E-state index in [1.54, 1.807) is 12.1 Å². The third-order valence-corrected chi connectivity index (χ3v) is 3.10. The minimum Gasteiger partial charge on any atom is -0.476 e. The lowest BCUT2D eigenvalue weighted by Crippen LogP contribution is -2.04. The first-order valence-electron chi connectivity index (χ1n) is 5.06. The molecule has 0 atom stereocenters. The zero-order chi connectivity index (χ0) is 13.1. The smallest absolute Gasteiger partial charge is 0.360 e. The van der Waals surface area contributed by atoms with Gasteiger partial charge in [0.1, 0.15) is 5.75 Å². The van der Waals surface area contributed by atoms with Gasteiger partial charge < -0.3 is 9.84 Å². The van der Waals surface area contributed by atoms with Crippen molar-refractivity contribution in [3.05, 3.63) is 46.3 Å². The topological polar surface area (TPSA) is 72.3 Å². The summed E-state index contributed by atoms with van der Waals surface area (Å²) in [6, 6.07) is 5.32. The number of aromatic carboxylic acids is 1. The summed E-state index contributed by atoms with van der Waals surface area (Å²) in [5, 5.41) is 8.95. The van der Waals surface area contributed by atoms with E-state index < -0.39 is 5.97 Å². The highest BCUT2D eigenvalue weighted by molar-refractivity contribution is 9.10. The average Bonchev–Trinajstić information content (AvgIpc) is 2.34. The Labute approximate surface area is 112 Å². The van der Waals surface area contributed by atoms with Gasteiger partial charge in [0.2, 0.25) is 5.69 Å². The van der Waals surface area contributed by atoms with Gasteiger partial charge >= 0.3 is 5.97 Å². The second kappa shape index (κ2) is 5.14. The Hall–Kier alpha value is -1.95. The molecule has 6 heteroatoms. The van der Waals surface area contributed by atoms with E-state index in [2.05, 4.69) is 25.9 Å². The molecule has 0 amide bonds. The highest BCUT2D eigenvalue weighted by Gasteiger charge is 2.14. The van der Waals surface area contributed by atoms with Crippen LogP contribution in [0.15, 0.2) is 35.1 Å². The van der Waals surface area contributed by atoms with E-state index in [4.69, 9.17) is 9.84 Å². The molecule has 0 saturated carbocycles. The van der Waals surface area contributed by atoms with Crippen LogP contribution in [0.4, 0.5) is 0 Å². The van der Waals surface area contributed by atoms with E-state index in [9.17, 15) is 4.79 Å². The third-order valence-electron chi connectivity index (χ3n) is 2.21. The lowest BCUT2D eigenvalue weighted by molar-refractivity contribution is 0.0686. The number of carbonyl (C=O) groups is 1. The predicted molar refractivity (Wildman–Crippen MR) is 67.9 cm³/mol. The summed E-state index contributed by atoms with van der Waals surface area (Å²) in [6.07, 6.45) is 2.69. The zero-order valence-electron chi connectivity index (χ0n) is 9.42. The zero-order valence-corrected chi connectivity index (χ0v) is 11.0. The molecule has 5 nitrogen and oxygen atoms in total. The molecule has 1 N–H and O–H groups in total. The number of hydrogen-bond donors (Lipinski definition) is 1. The van der Waals surface area contributed by atoms with E-state index >= 15 is 0 Å². The van der Waals surface area contributed by atoms with Gasteiger partial charge in [-0.25, -0.2) is 14.8 Å². The Bertz CT molecular complexity index is 602. The molecule has 0 aliphatic heterocycles. The normalized spacial score (nSPS) is 10.1. The van der Waals surface area contributed by atoms with Gasteiger partial charge in [-0.3, -0.25) is 0 Å². The minimum absolute atomic E-state index is 0.0216.